The molecule has 6 nitrogen and oxygen atoms in total. The van der Waals surface area contributed by atoms with Crippen LogP contribution in [0.25, 0.3) is 0 Å². The zero-order valence-corrected chi connectivity index (χ0v) is 11.0. The molecule has 0 aromatic carbocycles. The highest BCUT2D eigenvalue weighted by Gasteiger charge is 2.58. The number of hydrogen-bond acceptors (Lipinski definition) is 6. The maximum atomic E-state index is 13.0. The van der Waals surface area contributed by atoms with E-state index in [4.69, 9.17) is 14.4 Å². The predicted octanol–water partition coefficient (Wildman–Crippen LogP) is 1.82. The summed E-state index contributed by atoms with van der Waals surface area (Å²) in [6, 6.07) is 0. The Bertz CT molecular complexity index is 351. The Hall–Kier alpha value is -0.390. The maximum absolute atomic E-state index is 13.0. The molecule has 0 aliphatic carbocycles. The Kier molecular flexibility index (Phi) is 3.61. The van der Waals surface area contributed by atoms with Crippen molar-refractivity contribution in [1.29, 1.82) is 0 Å². The van der Waals surface area contributed by atoms with Crippen LogP contribution < -0.4 is 0 Å². The van der Waals surface area contributed by atoms with Crippen molar-refractivity contribution < 1.29 is 28.9 Å². The van der Waals surface area contributed by atoms with E-state index in [2.05, 4.69) is 4.89 Å². The quantitative estimate of drug-likeness (QED) is 0.259. The first-order chi connectivity index (χ1) is 8.01. The molecule has 0 aromatic rings. The van der Waals surface area contributed by atoms with Gasteiger partial charge in [0.1, 0.15) is 17.8 Å². The average molecular weight is 264 g/mol. The molecule has 0 radical (unpaired) electrons. The van der Waals surface area contributed by atoms with Gasteiger partial charge in [-0.25, -0.2) is 9.78 Å². The molecule has 2 saturated heterocycles. The van der Waals surface area contributed by atoms with Crippen LogP contribution in [0.2, 0.25) is 0 Å². The van der Waals surface area contributed by atoms with E-state index in [0.29, 0.717) is 18.5 Å². The highest BCUT2D eigenvalue weighted by molar-refractivity contribution is 7.69. The summed E-state index contributed by atoms with van der Waals surface area (Å²) < 4.78 is 23.3. The Morgan fingerprint density at radius 2 is 1.88 bits per heavy atom. The number of allylic oxidation sites excluding steroid dienone is 1. The number of ether oxygens (including phenoxy) is 2. The molecule has 0 aromatic heterocycles. The van der Waals surface area contributed by atoms with Gasteiger partial charge >= 0.3 is 0 Å². The third-order valence-corrected chi connectivity index (χ3v) is 6.61. The van der Waals surface area contributed by atoms with E-state index in [9.17, 15) is 9.67 Å². The molecule has 0 bridgehead atoms. The first-order valence-corrected chi connectivity index (χ1v) is 7.28. The molecule has 98 valence electrons. The van der Waals surface area contributed by atoms with Crippen LogP contribution in [0.15, 0.2) is 11.1 Å². The molecule has 0 spiro atoms. The molecule has 7 heteroatoms. The van der Waals surface area contributed by atoms with Gasteiger partial charge in [0.2, 0.25) is 0 Å². The van der Waals surface area contributed by atoms with Crippen molar-refractivity contribution >= 4 is 7.14 Å². The first-order valence-electron chi connectivity index (χ1n) is 5.44. The maximum Gasteiger partial charge on any atom is 0.176 e. The molecule has 0 amide bonds. The van der Waals surface area contributed by atoms with E-state index < -0.39 is 13.2 Å². The zero-order chi connectivity index (χ0) is 12.6. The highest BCUT2D eigenvalue weighted by Crippen LogP contribution is 2.71. The summed E-state index contributed by atoms with van der Waals surface area (Å²) in [5.41, 5.74) is 0. The van der Waals surface area contributed by atoms with Crippen molar-refractivity contribution in [2.75, 3.05) is 20.3 Å². The predicted molar refractivity (Wildman–Crippen MR) is 60.0 cm³/mol. The van der Waals surface area contributed by atoms with Crippen molar-refractivity contribution in [2.24, 2.45) is 0 Å². The van der Waals surface area contributed by atoms with Gasteiger partial charge in [-0.3, -0.25) is 0 Å². The number of hydrogen-bond donors (Lipinski definition) is 1. The lowest BCUT2D eigenvalue weighted by atomic mass is 10.3. The fourth-order valence-corrected chi connectivity index (χ4v) is 5.21. The number of epoxide rings is 2. The molecule has 1 N–H and O–H groups in total. The number of aliphatic hydroxyl groups is 1. The molecular formula is C10H17O6P. The Balaban J connectivity index is 2.31. The Morgan fingerprint density at radius 3 is 2.18 bits per heavy atom. The second kappa shape index (κ2) is 4.71. The summed E-state index contributed by atoms with van der Waals surface area (Å²) in [5.74, 6) is -0.714. The van der Waals surface area contributed by atoms with Crippen LogP contribution in [0.1, 0.15) is 13.8 Å². The molecule has 2 aliphatic rings. The molecular weight excluding hydrogens is 247 g/mol. The third-order valence-electron chi connectivity index (χ3n) is 2.86. The molecule has 2 rings (SSSR count). The monoisotopic (exact) mass is 264 g/mol. The summed E-state index contributed by atoms with van der Waals surface area (Å²) in [7, 11) is -1.54. The van der Waals surface area contributed by atoms with Gasteiger partial charge in [-0.05, 0) is 13.8 Å². The molecule has 17 heavy (non-hydrogen) atoms. The highest BCUT2D eigenvalue weighted by atomic mass is 31.2. The summed E-state index contributed by atoms with van der Waals surface area (Å²) in [6.45, 7) is 4.04. The topological polar surface area (TPSA) is 80.8 Å². The van der Waals surface area contributed by atoms with Gasteiger partial charge < -0.3 is 19.1 Å². The third kappa shape index (κ3) is 2.41. The van der Waals surface area contributed by atoms with Crippen LogP contribution >= 0.6 is 7.14 Å². The zero-order valence-electron chi connectivity index (χ0n) is 10.1. The minimum atomic E-state index is -2.91. The lowest BCUT2D eigenvalue weighted by Crippen LogP contribution is -2.17. The molecule has 0 saturated carbocycles. The molecule has 2 heterocycles. The van der Waals surface area contributed by atoms with E-state index in [1.54, 1.807) is 6.92 Å². The van der Waals surface area contributed by atoms with Gasteiger partial charge in [0.25, 0.3) is 0 Å². The van der Waals surface area contributed by atoms with Crippen LogP contribution in [0.4, 0.5) is 0 Å². The molecule has 2 aliphatic heterocycles. The van der Waals surface area contributed by atoms with Gasteiger partial charge in [-0.1, -0.05) is 0 Å². The SMILES string of the molecule is COOC(C)/C(=C(/C)O)P(=O)(C1CO1)C1CO1. The number of rotatable bonds is 6. The van der Waals surface area contributed by atoms with E-state index in [0.717, 1.165) is 0 Å². The lowest BCUT2D eigenvalue weighted by molar-refractivity contribution is -0.290. The van der Waals surface area contributed by atoms with Crippen molar-refractivity contribution in [3.05, 3.63) is 11.1 Å². The van der Waals surface area contributed by atoms with E-state index in [-0.39, 0.29) is 17.4 Å². The van der Waals surface area contributed by atoms with Crippen molar-refractivity contribution in [1.82, 2.24) is 0 Å². The van der Waals surface area contributed by atoms with Crippen LogP contribution in [0.3, 0.4) is 0 Å². The van der Waals surface area contributed by atoms with Gasteiger partial charge in [0.15, 0.2) is 7.14 Å². The standard InChI is InChI=1S/C10H17O6P/c1-6(11)10(7(2)16-13-3)17(12,8-4-14-8)9-5-15-9/h7-9,11H,4-5H2,1-3H3/b10-6+. The normalized spacial score (nSPS) is 33.6. The van der Waals surface area contributed by atoms with E-state index in [1.807, 2.05) is 0 Å². The van der Waals surface area contributed by atoms with Crippen LogP contribution in [-0.4, -0.2) is 43.2 Å². The first kappa shape index (κ1) is 13.1. The summed E-state index contributed by atoms with van der Waals surface area (Å²) in [5, 5.41) is 10.1. The summed E-state index contributed by atoms with van der Waals surface area (Å²) in [4.78, 5) is 9.55. The summed E-state index contributed by atoms with van der Waals surface area (Å²) >= 11 is 0. The minimum Gasteiger partial charge on any atom is -0.512 e. The smallest absolute Gasteiger partial charge is 0.176 e. The van der Waals surface area contributed by atoms with Crippen molar-refractivity contribution in [3.63, 3.8) is 0 Å². The van der Waals surface area contributed by atoms with Gasteiger partial charge in [0, 0.05) is 0 Å². The Labute approximate surface area is 99.8 Å². The second-order valence-corrected chi connectivity index (χ2v) is 7.21. The minimum absolute atomic E-state index is 0.0103. The van der Waals surface area contributed by atoms with Crippen LogP contribution in [0, 0.1) is 0 Å². The van der Waals surface area contributed by atoms with Crippen molar-refractivity contribution in [2.45, 2.75) is 31.6 Å². The number of aliphatic hydroxyl groups excluding tert-OH is 1. The van der Waals surface area contributed by atoms with Crippen molar-refractivity contribution in [3.8, 4) is 0 Å². The molecule has 3 unspecified atom stereocenters. The second-order valence-electron chi connectivity index (χ2n) is 4.16. The largest absolute Gasteiger partial charge is 0.512 e. The van der Waals surface area contributed by atoms with Gasteiger partial charge in [-0.15, -0.1) is 0 Å². The average Bonchev–Trinajstić information content (AvgIpc) is 3.10. The van der Waals surface area contributed by atoms with E-state index in [1.165, 1.54) is 14.0 Å². The van der Waals surface area contributed by atoms with Crippen LogP contribution in [-0.2, 0) is 23.8 Å². The fraction of sp³-hybridized carbons (Fsp3) is 0.800. The van der Waals surface area contributed by atoms with E-state index >= 15 is 0 Å². The van der Waals surface area contributed by atoms with Gasteiger partial charge in [-0.2, -0.15) is 0 Å². The fourth-order valence-electron chi connectivity index (χ4n) is 2.05. The summed E-state index contributed by atoms with van der Waals surface area (Å²) in [6.07, 6.45) is -0.593. The Morgan fingerprint density at radius 1 is 1.41 bits per heavy atom. The lowest BCUT2D eigenvalue weighted by Gasteiger charge is -2.22. The molecule has 3 atom stereocenters. The van der Waals surface area contributed by atoms with Crippen LogP contribution in [0.5, 0.6) is 0 Å². The van der Waals surface area contributed by atoms with Gasteiger partial charge in [0.05, 0.1) is 31.4 Å². The molecule has 2 fully saturated rings.